The number of ether oxygens (including phenoxy) is 2. The maximum Gasteiger partial charge on any atom is 0.407 e. The number of carbonyl (C=O) groups excluding carboxylic acids is 1. The number of alkyl carbamates (subject to hydrolysis) is 1. The number of carbonyl (C=O) groups is 1. The van der Waals surface area contributed by atoms with Gasteiger partial charge in [0.2, 0.25) is 0 Å². The van der Waals surface area contributed by atoms with Crippen LogP contribution in [0, 0.1) is 5.92 Å². The molecule has 4 heteroatoms. The molecular weight excluding hydrogens is 218 g/mol. The maximum atomic E-state index is 11.6. The van der Waals surface area contributed by atoms with Crippen LogP contribution in [0.2, 0.25) is 0 Å². The van der Waals surface area contributed by atoms with Crippen LogP contribution in [0.25, 0.3) is 0 Å². The second-order valence-electron chi connectivity index (χ2n) is 6.13. The second-order valence-corrected chi connectivity index (χ2v) is 6.13. The van der Waals surface area contributed by atoms with Gasteiger partial charge in [-0.05, 0) is 52.4 Å². The molecule has 0 bridgehead atoms. The molecule has 2 fully saturated rings. The van der Waals surface area contributed by atoms with Crippen LogP contribution in [0.5, 0.6) is 0 Å². The molecule has 0 aromatic rings. The average molecular weight is 241 g/mol. The van der Waals surface area contributed by atoms with Crippen LogP contribution in [0.3, 0.4) is 0 Å². The Morgan fingerprint density at radius 1 is 1.24 bits per heavy atom. The topological polar surface area (TPSA) is 50.9 Å². The van der Waals surface area contributed by atoms with Gasteiger partial charge in [-0.1, -0.05) is 0 Å². The number of epoxide rings is 1. The van der Waals surface area contributed by atoms with Crippen molar-refractivity contribution in [1.29, 1.82) is 0 Å². The minimum Gasteiger partial charge on any atom is -0.444 e. The van der Waals surface area contributed by atoms with Crippen molar-refractivity contribution in [1.82, 2.24) is 5.32 Å². The van der Waals surface area contributed by atoms with E-state index in [2.05, 4.69) is 5.32 Å². The van der Waals surface area contributed by atoms with Gasteiger partial charge < -0.3 is 14.8 Å². The lowest BCUT2D eigenvalue weighted by atomic mass is 9.84. The van der Waals surface area contributed by atoms with Crippen LogP contribution in [0.15, 0.2) is 0 Å². The van der Waals surface area contributed by atoms with Crippen molar-refractivity contribution in [3.8, 4) is 0 Å². The second kappa shape index (κ2) is 4.84. The predicted octanol–water partition coefficient (Wildman–Crippen LogP) is 2.47. The molecule has 2 rings (SSSR count). The quantitative estimate of drug-likeness (QED) is 0.756. The van der Waals surface area contributed by atoms with Gasteiger partial charge in [0.05, 0.1) is 12.7 Å². The van der Waals surface area contributed by atoms with E-state index in [1.54, 1.807) is 0 Å². The minimum absolute atomic E-state index is 0.278. The van der Waals surface area contributed by atoms with Crippen molar-refractivity contribution < 1.29 is 14.3 Å². The highest BCUT2D eigenvalue weighted by atomic mass is 16.6. The molecule has 1 amide bonds. The summed E-state index contributed by atoms with van der Waals surface area (Å²) >= 11 is 0. The third kappa shape index (κ3) is 4.19. The lowest BCUT2D eigenvalue weighted by Crippen LogP contribution is -2.41. The van der Waals surface area contributed by atoms with Gasteiger partial charge in [-0.3, -0.25) is 0 Å². The molecule has 0 aromatic carbocycles. The summed E-state index contributed by atoms with van der Waals surface area (Å²) in [6.45, 7) is 6.59. The van der Waals surface area contributed by atoms with Crippen LogP contribution in [-0.2, 0) is 9.47 Å². The van der Waals surface area contributed by atoms with Gasteiger partial charge in [0.1, 0.15) is 5.60 Å². The Labute approximate surface area is 103 Å². The molecule has 1 N–H and O–H groups in total. The van der Waals surface area contributed by atoms with Gasteiger partial charge in [0.15, 0.2) is 0 Å². The Hall–Kier alpha value is -0.770. The molecule has 1 heterocycles. The number of hydrogen-bond acceptors (Lipinski definition) is 3. The van der Waals surface area contributed by atoms with Crippen molar-refractivity contribution in [2.24, 2.45) is 5.92 Å². The van der Waals surface area contributed by atoms with Crippen LogP contribution in [-0.4, -0.2) is 30.4 Å². The summed E-state index contributed by atoms with van der Waals surface area (Å²) in [5.41, 5.74) is -0.414. The van der Waals surface area contributed by atoms with Crippen LogP contribution >= 0.6 is 0 Å². The van der Waals surface area contributed by atoms with E-state index in [9.17, 15) is 4.79 Å². The van der Waals surface area contributed by atoms with E-state index in [-0.39, 0.29) is 12.1 Å². The molecule has 0 unspecified atom stereocenters. The molecule has 0 radical (unpaired) electrons. The third-order valence-corrected chi connectivity index (χ3v) is 3.38. The zero-order valence-electron chi connectivity index (χ0n) is 11.0. The zero-order valence-corrected chi connectivity index (χ0v) is 11.0. The summed E-state index contributed by atoms with van der Waals surface area (Å²) in [6.07, 6.45) is 4.63. The number of hydrogen-bond donors (Lipinski definition) is 1. The first-order chi connectivity index (χ1) is 7.94. The van der Waals surface area contributed by atoms with Crippen molar-refractivity contribution in [2.75, 3.05) is 6.61 Å². The standard InChI is InChI=1S/C13H23NO3/c1-13(2,3)17-12(15)14-10-6-4-9(5-7-10)11-8-16-11/h9-11H,4-8H2,1-3H3,(H,14,15)/t9-,10-,11-/m0/s1. The van der Waals surface area contributed by atoms with Crippen molar-refractivity contribution in [3.63, 3.8) is 0 Å². The Morgan fingerprint density at radius 2 is 1.82 bits per heavy atom. The van der Waals surface area contributed by atoms with Gasteiger partial charge in [-0.15, -0.1) is 0 Å². The van der Waals surface area contributed by atoms with E-state index < -0.39 is 5.60 Å². The first-order valence-corrected chi connectivity index (χ1v) is 6.55. The first-order valence-electron chi connectivity index (χ1n) is 6.55. The van der Waals surface area contributed by atoms with Crippen molar-refractivity contribution in [3.05, 3.63) is 0 Å². The maximum absolute atomic E-state index is 11.6. The smallest absolute Gasteiger partial charge is 0.407 e. The summed E-state index contributed by atoms with van der Waals surface area (Å²) in [4.78, 5) is 11.6. The summed E-state index contributed by atoms with van der Waals surface area (Å²) < 4.78 is 10.6. The highest BCUT2D eigenvalue weighted by Gasteiger charge is 2.35. The predicted molar refractivity (Wildman–Crippen MR) is 64.9 cm³/mol. The van der Waals surface area contributed by atoms with Gasteiger partial charge in [0, 0.05) is 6.04 Å². The van der Waals surface area contributed by atoms with Crippen LogP contribution in [0.1, 0.15) is 46.5 Å². The molecule has 2 aliphatic rings. The molecule has 98 valence electrons. The summed E-state index contributed by atoms with van der Waals surface area (Å²) in [5, 5.41) is 2.95. The van der Waals surface area contributed by atoms with Gasteiger partial charge in [0.25, 0.3) is 0 Å². The number of amides is 1. The fourth-order valence-electron chi connectivity index (χ4n) is 2.44. The molecule has 17 heavy (non-hydrogen) atoms. The highest BCUT2D eigenvalue weighted by Crippen LogP contribution is 2.33. The van der Waals surface area contributed by atoms with E-state index in [4.69, 9.17) is 9.47 Å². The zero-order chi connectivity index (χ0) is 12.5. The Morgan fingerprint density at radius 3 is 2.29 bits per heavy atom. The van der Waals surface area contributed by atoms with Gasteiger partial charge >= 0.3 is 6.09 Å². The summed E-state index contributed by atoms with van der Waals surface area (Å²) in [6, 6.07) is 0.278. The van der Waals surface area contributed by atoms with Crippen molar-refractivity contribution >= 4 is 6.09 Å². The normalized spacial score (nSPS) is 33.0. The van der Waals surface area contributed by atoms with Gasteiger partial charge in [-0.2, -0.15) is 0 Å². The third-order valence-electron chi connectivity index (χ3n) is 3.38. The summed E-state index contributed by atoms with van der Waals surface area (Å²) in [7, 11) is 0. The highest BCUT2D eigenvalue weighted by molar-refractivity contribution is 5.68. The van der Waals surface area contributed by atoms with Crippen LogP contribution < -0.4 is 5.32 Å². The van der Waals surface area contributed by atoms with Gasteiger partial charge in [-0.25, -0.2) is 4.79 Å². The molecule has 0 aromatic heterocycles. The first kappa shape index (κ1) is 12.7. The Bertz CT molecular complexity index is 273. The van der Waals surface area contributed by atoms with E-state index in [1.165, 1.54) is 0 Å². The average Bonchev–Trinajstić information content (AvgIpc) is 2.99. The van der Waals surface area contributed by atoms with Crippen molar-refractivity contribution in [2.45, 2.75) is 64.2 Å². The number of nitrogens with one attached hydrogen (secondary N) is 1. The van der Waals surface area contributed by atoms with Crippen LogP contribution in [0.4, 0.5) is 4.79 Å². The number of rotatable bonds is 2. The Balaban J connectivity index is 1.68. The molecule has 1 saturated heterocycles. The fraction of sp³-hybridized carbons (Fsp3) is 0.923. The monoisotopic (exact) mass is 241 g/mol. The lowest BCUT2D eigenvalue weighted by molar-refractivity contribution is 0.0485. The molecule has 1 saturated carbocycles. The molecular formula is C13H23NO3. The molecule has 0 spiro atoms. The fourth-order valence-corrected chi connectivity index (χ4v) is 2.44. The van der Waals surface area contributed by atoms with E-state index in [0.29, 0.717) is 12.0 Å². The molecule has 1 aliphatic carbocycles. The Kier molecular flexibility index (Phi) is 3.61. The minimum atomic E-state index is -0.414. The lowest BCUT2D eigenvalue weighted by Gasteiger charge is -2.29. The SMILES string of the molecule is CC(C)(C)OC(=O)N[C@H]1CC[C@H]([C@@H]2CO2)CC1. The van der Waals surface area contributed by atoms with E-state index in [0.717, 1.165) is 32.3 Å². The molecule has 1 aliphatic heterocycles. The van der Waals surface area contributed by atoms with E-state index in [1.807, 2.05) is 20.8 Å². The molecule has 1 atom stereocenters. The largest absolute Gasteiger partial charge is 0.444 e. The molecule has 4 nitrogen and oxygen atoms in total. The summed E-state index contributed by atoms with van der Waals surface area (Å²) in [5.74, 6) is 0.715. The van der Waals surface area contributed by atoms with E-state index >= 15 is 0 Å².